The number of pyridine rings is 1. The van der Waals surface area contributed by atoms with Crippen molar-refractivity contribution in [3.05, 3.63) is 87.6 Å². The van der Waals surface area contributed by atoms with Gasteiger partial charge >= 0.3 is 0 Å². The largest absolute Gasteiger partial charge is 0.333 e. The van der Waals surface area contributed by atoms with Gasteiger partial charge in [-0.15, -0.1) is 0 Å². The van der Waals surface area contributed by atoms with Crippen LogP contribution in [-0.2, 0) is 17.8 Å². The van der Waals surface area contributed by atoms with Gasteiger partial charge in [-0.3, -0.25) is 9.59 Å². The van der Waals surface area contributed by atoms with E-state index in [9.17, 15) is 14.0 Å². The third kappa shape index (κ3) is 4.74. The average molecular weight is 446 g/mol. The van der Waals surface area contributed by atoms with Gasteiger partial charge in [0.15, 0.2) is 0 Å². The fraction of sp³-hybridized carbons (Fsp3) is 0.200. The Hall–Kier alpha value is -4.07. The minimum atomic E-state index is -0.403. The molecule has 0 aliphatic heterocycles. The van der Waals surface area contributed by atoms with Crippen LogP contribution >= 0.6 is 0 Å². The van der Waals surface area contributed by atoms with Crippen molar-refractivity contribution in [3.8, 4) is 22.8 Å². The topological polar surface area (TPSA) is 90.0 Å². The summed E-state index contributed by atoms with van der Waals surface area (Å²) in [6.45, 7) is 5.41. The van der Waals surface area contributed by atoms with Crippen LogP contribution in [0.4, 0.5) is 10.1 Å². The number of carbonyl (C=O) groups is 1. The van der Waals surface area contributed by atoms with Gasteiger partial charge in [0.1, 0.15) is 17.9 Å². The first-order chi connectivity index (χ1) is 15.9. The van der Waals surface area contributed by atoms with Gasteiger partial charge in [0, 0.05) is 16.9 Å². The van der Waals surface area contributed by atoms with Crippen LogP contribution in [-0.4, -0.2) is 20.6 Å². The van der Waals surface area contributed by atoms with Crippen LogP contribution in [0.25, 0.3) is 22.8 Å². The van der Waals surface area contributed by atoms with Crippen LogP contribution in [0.3, 0.4) is 0 Å². The van der Waals surface area contributed by atoms with Crippen LogP contribution in [0.2, 0.25) is 0 Å². The van der Waals surface area contributed by atoms with Crippen molar-refractivity contribution < 1.29 is 13.7 Å². The molecule has 8 heteroatoms. The van der Waals surface area contributed by atoms with E-state index in [1.165, 1.54) is 28.8 Å². The van der Waals surface area contributed by atoms with Crippen LogP contribution in [0.5, 0.6) is 0 Å². The standard InChI is InChI=1S/C25H23FN4O3/c1-4-17-6-5-7-20(13-17)27-21(31)14-30-16(3)12-15(2)22(25(30)32)24-28-23(29-33-24)18-8-10-19(26)11-9-18/h5-13H,4,14H2,1-3H3,(H,27,31). The molecule has 0 aliphatic carbocycles. The monoisotopic (exact) mass is 446 g/mol. The van der Waals surface area contributed by atoms with Crippen molar-refractivity contribution in [3.63, 3.8) is 0 Å². The summed E-state index contributed by atoms with van der Waals surface area (Å²) in [7, 11) is 0. The quantitative estimate of drug-likeness (QED) is 0.470. The van der Waals surface area contributed by atoms with E-state index in [1.54, 1.807) is 19.9 Å². The highest BCUT2D eigenvalue weighted by atomic mass is 19.1. The summed E-state index contributed by atoms with van der Waals surface area (Å²) >= 11 is 0. The predicted molar refractivity (Wildman–Crippen MR) is 123 cm³/mol. The number of halogens is 1. The van der Waals surface area contributed by atoms with Crippen LogP contribution in [0.1, 0.15) is 23.7 Å². The fourth-order valence-electron chi connectivity index (χ4n) is 3.64. The molecule has 7 nitrogen and oxygen atoms in total. The highest BCUT2D eigenvalue weighted by Crippen LogP contribution is 2.23. The van der Waals surface area contributed by atoms with Crippen LogP contribution in [0.15, 0.2) is 63.9 Å². The third-order valence-electron chi connectivity index (χ3n) is 5.37. The normalized spacial score (nSPS) is 10.9. The number of hydrogen-bond acceptors (Lipinski definition) is 5. The van der Waals surface area contributed by atoms with Gasteiger partial charge in [0.25, 0.3) is 11.4 Å². The molecule has 0 fully saturated rings. The molecule has 2 aromatic heterocycles. The zero-order chi connectivity index (χ0) is 23.5. The van der Waals surface area contributed by atoms with Crippen molar-refractivity contribution in [2.45, 2.75) is 33.7 Å². The van der Waals surface area contributed by atoms with E-state index >= 15 is 0 Å². The highest BCUT2D eigenvalue weighted by molar-refractivity contribution is 5.90. The summed E-state index contributed by atoms with van der Waals surface area (Å²) in [4.78, 5) is 30.3. The summed E-state index contributed by atoms with van der Waals surface area (Å²) in [5.41, 5.74) is 3.45. The van der Waals surface area contributed by atoms with Gasteiger partial charge in [-0.2, -0.15) is 4.98 Å². The number of anilines is 1. The molecular formula is C25H23FN4O3. The SMILES string of the molecule is CCc1cccc(NC(=O)Cn2c(C)cc(C)c(-c3nc(-c4ccc(F)cc4)no3)c2=O)c1. The molecule has 1 amide bonds. The first-order valence-corrected chi connectivity index (χ1v) is 10.6. The van der Waals surface area contributed by atoms with Crippen LogP contribution < -0.4 is 10.9 Å². The summed E-state index contributed by atoms with van der Waals surface area (Å²) < 4.78 is 19.9. The number of benzene rings is 2. The number of nitrogens with one attached hydrogen (secondary N) is 1. The molecule has 0 radical (unpaired) electrons. The molecule has 0 atom stereocenters. The van der Waals surface area contributed by atoms with Crippen LogP contribution in [0, 0.1) is 19.7 Å². The summed E-state index contributed by atoms with van der Waals surface area (Å²) in [6, 6.07) is 15.0. The summed E-state index contributed by atoms with van der Waals surface area (Å²) in [6.07, 6.45) is 0.855. The number of rotatable bonds is 6. The molecular weight excluding hydrogens is 423 g/mol. The molecule has 0 saturated heterocycles. The van der Waals surface area contributed by atoms with E-state index in [1.807, 2.05) is 31.2 Å². The lowest BCUT2D eigenvalue weighted by Crippen LogP contribution is -2.30. The Bertz CT molecular complexity index is 1370. The molecule has 168 valence electrons. The Kier molecular flexibility index (Phi) is 6.17. The summed E-state index contributed by atoms with van der Waals surface area (Å²) in [5, 5.41) is 6.77. The first kappa shape index (κ1) is 22.1. The molecule has 2 aromatic carbocycles. The molecule has 1 N–H and O–H groups in total. The maximum Gasteiger partial charge on any atom is 0.264 e. The lowest BCUT2D eigenvalue weighted by molar-refractivity contribution is -0.116. The van der Waals surface area contributed by atoms with Gasteiger partial charge in [0.2, 0.25) is 11.7 Å². The number of aromatic nitrogens is 3. The van der Waals surface area contributed by atoms with E-state index in [4.69, 9.17) is 4.52 Å². The first-order valence-electron chi connectivity index (χ1n) is 10.6. The van der Waals surface area contributed by atoms with Crippen molar-refractivity contribution in [2.24, 2.45) is 0 Å². The Morgan fingerprint density at radius 2 is 1.88 bits per heavy atom. The fourth-order valence-corrected chi connectivity index (χ4v) is 3.64. The molecule has 0 bridgehead atoms. The van der Waals surface area contributed by atoms with Crippen molar-refractivity contribution in [1.82, 2.24) is 14.7 Å². The van der Waals surface area contributed by atoms with Gasteiger partial charge in [-0.1, -0.05) is 24.2 Å². The summed E-state index contributed by atoms with van der Waals surface area (Å²) in [5.74, 6) is -0.411. The Balaban J connectivity index is 1.63. The molecule has 0 spiro atoms. The van der Waals surface area contributed by atoms with E-state index in [0.717, 1.165) is 12.0 Å². The molecule has 4 aromatic rings. The predicted octanol–water partition coefficient (Wildman–Crippen LogP) is 4.52. The number of amides is 1. The molecule has 0 saturated carbocycles. The average Bonchev–Trinajstić information content (AvgIpc) is 3.26. The van der Waals surface area contributed by atoms with E-state index in [-0.39, 0.29) is 35.5 Å². The van der Waals surface area contributed by atoms with Crippen molar-refractivity contribution >= 4 is 11.6 Å². The smallest absolute Gasteiger partial charge is 0.264 e. The molecule has 0 unspecified atom stereocenters. The molecule has 0 aliphatic rings. The number of nitrogens with zero attached hydrogens (tertiary/aromatic N) is 3. The molecule has 33 heavy (non-hydrogen) atoms. The third-order valence-corrected chi connectivity index (χ3v) is 5.37. The second-order valence-electron chi connectivity index (χ2n) is 7.77. The highest BCUT2D eigenvalue weighted by Gasteiger charge is 2.20. The van der Waals surface area contributed by atoms with Gasteiger partial charge in [-0.25, -0.2) is 4.39 Å². The van der Waals surface area contributed by atoms with Crippen molar-refractivity contribution in [2.75, 3.05) is 5.32 Å². The maximum absolute atomic E-state index is 13.3. The van der Waals surface area contributed by atoms with E-state index in [2.05, 4.69) is 15.5 Å². The lowest BCUT2D eigenvalue weighted by Gasteiger charge is -2.13. The molecule has 4 rings (SSSR count). The second kappa shape index (κ2) is 9.20. The molecule has 2 heterocycles. The maximum atomic E-state index is 13.3. The van der Waals surface area contributed by atoms with Gasteiger partial charge in [-0.05, 0) is 73.9 Å². The lowest BCUT2D eigenvalue weighted by atomic mass is 10.1. The minimum absolute atomic E-state index is 0.0432. The number of carbonyl (C=O) groups excluding carboxylic acids is 1. The van der Waals surface area contributed by atoms with Crippen molar-refractivity contribution in [1.29, 1.82) is 0 Å². The van der Waals surface area contributed by atoms with E-state index in [0.29, 0.717) is 22.5 Å². The number of hydrogen-bond donors (Lipinski definition) is 1. The Morgan fingerprint density at radius 1 is 1.12 bits per heavy atom. The number of aryl methyl sites for hydroxylation is 3. The van der Waals surface area contributed by atoms with Gasteiger partial charge < -0.3 is 14.4 Å². The zero-order valence-electron chi connectivity index (χ0n) is 18.6. The van der Waals surface area contributed by atoms with E-state index < -0.39 is 5.56 Å². The van der Waals surface area contributed by atoms with Gasteiger partial charge in [0.05, 0.1) is 0 Å². The minimum Gasteiger partial charge on any atom is -0.333 e. The second-order valence-corrected chi connectivity index (χ2v) is 7.77. The Morgan fingerprint density at radius 3 is 2.61 bits per heavy atom. The zero-order valence-corrected chi connectivity index (χ0v) is 18.6. The Labute approximate surface area is 189 Å².